The minimum Gasteiger partial charge on any atom is -0.481 e. The Balaban J connectivity index is 1.51. The van der Waals surface area contributed by atoms with Crippen LogP contribution in [0, 0.1) is 11.8 Å². The van der Waals surface area contributed by atoms with Gasteiger partial charge in [-0.05, 0) is 37.3 Å². The molecule has 136 valence electrons. The Hall–Kier alpha value is -2.08. The molecule has 25 heavy (non-hydrogen) atoms. The molecule has 2 N–H and O–H groups in total. The van der Waals surface area contributed by atoms with Crippen molar-refractivity contribution in [1.29, 1.82) is 0 Å². The van der Waals surface area contributed by atoms with E-state index < -0.39 is 5.97 Å². The third-order valence-corrected chi connectivity index (χ3v) is 5.19. The van der Waals surface area contributed by atoms with Gasteiger partial charge in [-0.1, -0.05) is 18.2 Å². The molecule has 1 aliphatic heterocycles. The summed E-state index contributed by atoms with van der Waals surface area (Å²) in [5.74, 6) is -1.31. The molecular weight excluding hydrogens is 320 g/mol. The van der Waals surface area contributed by atoms with Crippen molar-refractivity contribution in [2.75, 3.05) is 37.7 Å². The molecule has 0 aromatic heterocycles. The third kappa shape index (κ3) is 4.51. The molecule has 0 unspecified atom stereocenters. The van der Waals surface area contributed by atoms with Gasteiger partial charge in [0.05, 0.1) is 19.1 Å². The number of ether oxygens (including phenoxy) is 1. The number of carboxylic acids is 1. The van der Waals surface area contributed by atoms with Gasteiger partial charge in [0.2, 0.25) is 5.91 Å². The predicted octanol–water partition coefficient (Wildman–Crippen LogP) is 1.68. The van der Waals surface area contributed by atoms with E-state index in [1.165, 1.54) is 11.3 Å². The van der Waals surface area contributed by atoms with Gasteiger partial charge in [0.1, 0.15) is 0 Å². The molecule has 1 heterocycles. The average molecular weight is 346 g/mol. The molecule has 1 amide bonds. The largest absolute Gasteiger partial charge is 0.481 e. The summed E-state index contributed by atoms with van der Waals surface area (Å²) >= 11 is 0. The first-order chi connectivity index (χ1) is 12.1. The van der Waals surface area contributed by atoms with Crippen LogP contribution in [0.3, 0.4) is 0 Å². The van der Waals surface area contributed by atoms with Gasteiger partial charge in [0.15, 0.2) is 0 Å². The van der Waals surface area contributed by atoms with Gasteiger partial charge >= 0.3 is 5.97 Å². The van der Waals surface area contributed by atoms with Gasteiger partial charge in [-0.3, -0.25) is 9.59 Å². The lowest BCUT2D eigenvalue weighted by molar-refractivity contribution is -0.141. The number of hydrogen-bond acceptors (Lipinski definition) is 4. The summed E-state index contributed by atoms with van der Waals surface area (Å²) in [6, 6.07) is 8.29. The normalized spacial score (nSPS) is 23.4. The topological polar surface area (TPSA) is 78.9 Å². The number of carbonyl (C=O) groups excluding carboxylic acids is 1. The highest BCUT2D eigenvalue weighted by Gasteiger charge is 2.33. The SMILES string of the molecule is O=C(O)[C@@H]1CC[C@H](C(=O)NCCc2ccccc2N2CCOCC2)C1. The molecule has 2 atom stereocenters. The monoisotopic (exact) mass is 346 g/mol. The molecule has 1 aromatic rings. The number of carboxylic acid groups (broad SMARTS) is 1. The number of amides is 1. The van der Waals surface area contributed by atoms with Crippen molar-refractivity contribution >= 4 is 17.6 Å². The van der Waals surface area contributed by atoms with Crippen molar-refractivity contribution in [2.45, 2.75) is 25.7 Å². The number of benzene rings is 1. The van der Waals surface area contributed by atoms with E-state index >= 15 is 0 Å². The van der Waals surface area contributed by atoms with Crippen LogP contribution in [0.5, 0.6) is 0 Å². The van der Waals surface area contributed by atoms with Crippen LogP contribution in [0.2, 0.25) is 0 Å². The molecular formula is C19H26N2O4. The highest BCUT2D eigenvalue weighted by atomic mass is 16.5. The molecule has 2 aliphatic rings. The first-order valence-corrected chi connectivity index (χ1v) is 9.06. The Bertz CT molecular complexity index is 613. The molecule has 2 fully saturated rings. The molecule has 1 saturated carbocycles. The Kier molecular flexibility index (Phi) is 5.91. The summed E-state index contributed by atoms with van der Waals surface area (Å²) in [4.78, 5) is 25.6. The summed E-state index contributed by atoms with van der Waals surface area (Å²) < 4.78 is 5.42. The zero-order valence-corrected chi connectivity index (χ0v) is 14.4. The summed E-state index contributed by atoms with van der Waals surface area (Å²) in [6.45, 7) is 3.85. The highest BCUT2D eigenvalue weighted by molar-refractivity contribution is 5.80. The van der Waals surface area contributed by atoms with Crippen LogP contribution in [0.4, 0.5) is 5.69 Å². The summed E-state index contributed by atoms with van der Waals surface area (Å²) in [5.41, 5.74) is 2.44. The second kappa shape index (κ2) is 8.34. The van der Waals surface area contributed by atoms with Crippen LogP contribution in [0.25, 0.3) is 0 Å². The van der Waals surface area contributed by atoms with Gasteiger partial charge in [0.25, 0.3) is 0 Å². The van der Waals surface area contributed by atoms with Gasteiger partial charge in [-0.25, -0.2) is 0 Å². The number of carbonyl (C=O) groups is 2. The second-order valence-corrected chi connectivity index (χ2v) is 6.81. The Morgan fingerprint density at radius 2 is 1.88 bits per heavy atom. The summed E-state index contributed by atoms with van der Waals surface area (Å²) in [6.07, 6.45) is 2.51. The third-order valence-electron chi connectivity index (χ3n) is 5.19. The molecule has 0 radical (unpaired) electrons. The molecule has 0 spiro atoms. The zero-order valence-electron chi connectivity index (χ0n) is 14.4. The molecule has 0 bridgehead atoms. The lowest BCUT2D eigenvalue weighted by atomic mass is 10.0. The number of nitrogens with zero attached hydrogens (tertiary/aromatic N) is 1. The van der Waals surface area contributed by atoms with E-state index in [1.54, 1.807) is 0 Å². The van der Waals surface area contributed by atoms with E-state index in [9.17, 15) is 9.59 Å². The molecule has 6 nitrogen and oxygen atoms in total. The lowest BCUT2D eigenvalue weighted by Gasteiger charge is -2.30. The maximum Gasteiger partial charge on any atom is 0.306 e. The van der Waals surface area contributed by atoms with Crippen molar-refractivity contribution in [3.8, 4) is 0 Å². The van der Waals surface area contributed by atoms with Crippen LogP contribution in [0.1, 0.15) is 24.8 Å². The fourth-order valence-corrected chi connectivity index (χ4v) is 3.74. The first kappa shape index (κ1) is 17.7. The van der Waals surface area contributed by atoms with E-state index in [1.807, 2.05) is 12.1 Å². The number of nitrogens with one attached hydrogen (secondary N) is 1. The van der Waals surface area contributed by atoms with Gasteiger partial charge in [-0.15, -0.1) is 0 Å². The fraction of sp³-hybridized carbons (Fsp3) is 0.579. The van der Waals surface area contributed by atoms with Crippen molar-refractivity contribution in [3.63, 3.8) is 0 Å². The summed E-state index contributed by atoms with van der Waals surface area (Å²) in [5, 5.41) is 12.0. The highest BCUT2D eigenvalue weighted by Crippen LogP contribution is 2.31. The number of rotatable bonds is 6. The zero-order chi connectivity index (χ0) is 17.6. The van der Waals surface area contributed by atoms with Gasteiger partial charge in [-0.2, -0.15) is 0 Å². The molecule has 6 heteroatoms. The molecule has 1 aliphatic carbocycles. The molecule has 3 rings (SSSR count). The maximum atomic E-state index is 12.3. The van der Waals surface area contributed by atoms with Crippen molar-refractivity contribution in [3.05, 3.63) is 29.8 Å². The van der Waals surface area contributed by atoms with E-state index in [2.05, 4.69) is 22.3 Å². The Morgan fingerprint density at radius 3 is 2.60 bits per heavy atom. The van der Waals surface area contributed by atoms with Crippen LogP contribution < -0.4 is 10.2 Å². The van der Waals surface area contributed by atoms with E-state index in [4.69, 9.17) is 9.84 Å². The second-order valence-electron chi connectivity index (χ2n) is 6.81. The quantitative estimate of drug-likeness (QED) is 0.819. The lowest BCUT2D eigenvalue weighted by Crippen LogP contribution is -2.37. The predicted molar refractivity (Wildman–Crippen MR) is 94.7 cm³/mol. The Labute approximate surface area is 148 Å². The Morgan fingerprint density at radius 1 is 1.16 bits per heavy atom. The molecule has 1 aromatic carbocycles. The van der Waals surface area contributed by atoms with Crippen LogP contribution >= 0.6 is 0 Å². The number of hydrogen-bond donors (Lipinski definition) is 2. The van der Waals surface area contributed by atoms with E-state index in [0.717, 1.165) is 32.7 Å². The first-order valence-electron chi connectivity index (χ1n) is 9.06. The number of anilines is 1. The number of aliphatic carboxylic acids is 1. The minimum absolute atomic E-state index is 0.00685. The fourth-order valence-electron chi connectivity index (χ4n) is 3.74. The van der Waals surface area contributed by atoms with Gasteiger partial charge < -0.3 is 20.1 Å². The minimum atomic E-state index is -0.783. The smallest absolute Gasteiger partial charge is 0.306 e. The summed E-state index contributed by atoms with van der Waals surface area (Å²) in [7, 11) is 0. The average Bonchev–Trinajstić information content (AvgIpc) is 3.13. The van der Waals surface area contributed by atoms with Crippen molar-refractivity contribution < 1.29 is 19.4 Å². The van der Waals surface area contributed by atoms with Crippen molar-refractivity contribution in [1.82, 2.24) is 5.32 Å². The van der Waals surface area contributed by atoms with E-state index in [0.29, 0.717) is 25.8 Å². The van der Waals surface area contributed by atoms with Gasteiger partial charge in [0, 0.05) is 31.2 Å². The standard InChI is InChI=1S/C19H26N2O4/c22-18(15-5-6-16(13-15)19(23)24)20-8-7-14-3-1-2-4-17(14)21-9-11-25-12-10-21/h1-4,15-16H,5-13H2,(H,20,22)(H,23,24)/t15-,16+/m0/s1. The van der Waals surface area contributed by atoms with Crippen LogP contribution in [0.15, 0.2) is 24.3 Å². The maximum absolute atomic E-state index is 12.3. The van der Waals surface area contributed by atoms with Crippen molar-refractivity contribution in [2.24, 2.45) is 11.8 Å². The van der Waals surface area contributed by atoms with E-state index in [-0.39, 0.29) is 17.7 Å². The molecule has 1 saturated heterocycles. The van der Waals surface area contributed by atoms with Crippen LogP contribution in [-0.4, -0.2) is 49.8 Å². The van der Waals surface area contributed by atoms with Crippen LogP contribution in [-0.2, 0) is 20.7 Å². The number of para-hydroxylation sites is 1. The number of morpholine rings is 1.